The molecule has 2 aliphatic rings. The van der Waals surface area contributed by atoms with Crippen LogP contribution >= 0.6 is 11.8 Å². The number of carbonyl (C=O) groups excluding carboxylic acids is 1. The summed E-state index contributed by atoms with van der Waals surface area (Å²) in [6.07, 6.45) is 3.54. The first-order valence-electron chi connectivity index (χ1n) is 7.96. The van der Waals surface area contributed by atoms with Gasteiger partial charge in [-0.25, -0.2) is 4.68 Å². The molecular formula is C16H19N3O3S. The van der Waals surface area contributed by atoms with E-state index >= 15 is 0 Å². The molecule has 23 heavy (non-hydrogen) atoms. The van der Waals surface area contributed by atoms with E-state index < -0.39 is 0 Å². The largest absolute Gasteiger partial charge is 0.478 e. The summed E-state index contributed by atoms with van der Waals surface area (Å²) in [7, 11) is 0. The summed E-state index contributed by atoms with van der Waals surface area (Å²) in [6.45, 7) is 2.98. The molecule has 1 unspecified atom stereocenters. The Morgan fingerprint density at radius 2 is 2.30 bits per heavy atom. The topological polar surface area (TPSA) is 60.5 Å². The highest BCUT2D eigenvalue weighted by Gasteiger charge is 2.26. The van der Waals surface area contributed by atoms with Crippen molar-refractivity contribution < 1.29 is 13.9 Å². The Morgan fingerprint density at radius 1 is 1.35 bits per heavy atom. The van der Waals surface area contributed by atoms with Crippen molar-refractivity contribution in [2.75, 3.05) is 25.4 Å². The lowest BCUT2D eigenvalue weighted by Gasteiger charge is -2.18. The van der Waals surface area contributed by atoms with Gasteiger partial charge < -0.3 is 14.1 Å². The SMILES string of the molecule is O=C(c1cc2n(n1)CCCO2)N1CCSC(c2ccco2)CC1. The van der Waals surface area contributed by atoms with Crippen LogP contribution in [0.2, 0.25) is 0 Å². The minimum Gasteiger partial charge on any atom is -0.478 e. The molecule has 0 spiro atoms. The zero-order valence-corrected chi connectivity index (χ0v) is 13.6. The number of hydrogen-bond donors (Lipinski definition) is 0. The number of rotatable bonds is 2. The molecule has 4 heterocycles. The highest BCUT2D eigenvalue weighted by Crippen LogP contribution is 2.34. The van der Waals surface area contributed by atoms with Gasteiger partial charge in [-0.15, -0.1) is 11.8 Å². The van der Waals surface area contributed by atoms with E-state index in [4.69, 9.17) is 9.15 Å². The molecule has 1 fully saturated rings. The van der Waals surface area contributed by atoms with Gasteiger partial charge in [0.15, 0.2) is 5.69 Å². The number of hydrogen-bond acceptors (Lipinski definition) is 5. The highest BCUT2D eigenvalue weighted by atomic mass is 32.2. The van der Waals surface area contributed by atoms with Crippen LogP contribution in [0.15, 0.2) is 28.9 Å². The summed E-state index contributed by atoms with van der Waals surface area (Å²) < 4.78 is 12.8. The monoisotopic (exact) mass is 333 g/mol. The number of thioether (sulfide) groups is 1. The van der Waals surface area contributed by atoms with Crippen LogP contribution in [0.3, 0.4) is 0 Å². The summed E-state index contributed by atoms with van der Waals surface area (Å²) in [6, 6.07) is 5.69. The number of nitrogens with zero attached hydrogens (tertiary/aromatic N) is 3. The van der Waals surface area contributed by atoms with Gasteiger partial charge in [0.05, 0.1) is 18.1 Å². The summed E-state index contributed by atoms with van der Waals surface area (Å²) in [5.41, 5.74) is 0.489. The molecule has 0 aromatic carbocycles. The molecule has 2 aromatic heterocycles. The van der Waals surface area contributed by atoms with E-state index in [9.17, 15) is 4.79 Å². The first kappa shape index (κ1) is 14.7. The van der Waals surface area contributed by atoms with Crippen molar-refractivity contribution in [1.29, 1.82) is 0 Å². The van der Waals surface area contributed by atoms with Crippen LogP contribution < -0.4 is 4.74 Å². The number of amides is 1. The molecule has 1 amide bonds. The van der Waals surface area contributed by atoms with Crippen LogP contribution in [-0.4, -0.2) is 46.0 Å². The Kier molecular flexibility index (Phi) is 4.03. The predicted octanol–water partition coefficient (Wildman–Crippen LogP) is 2.58. The first-order valence-corrected chi connectivity index (χ1v) is 9.01. The van der Waals surface area contributed by atoms with Crippen molar-refractivity contribution in [2.45, 2.75) is 24.6 Å². The maximum Gasteiger partial charge on any atom is 0.274 e. The minimum absolute atomic E-state index is 0.00352. The number of ether oxygens (including phenoxy) is 1. The Morgan fingerprint density at radius 3 is 3.13 bits per heavy atom. The van der Waals surface area contributed by atoms with Crippen LogP contribution in [-0.2, 0) is 6.54 Å². The van der Waals surface area contributed by atoms with E-state index in [1.54, 1.807) is 17.0 Å². The Bertz CT molecular complexity index is 659. The molecular weight excluding hydrogens is 314 g/mol. The third-order valence-electron chi connectivity index (χ3n) is 4.22. The molecule has 1 saturated heterocycles. The first-order chi connectivity index (χ1) is 11.3. The van der Waals surface area contributed by atoms with Crippen molar-refractivity contribution in [2.24, 2.45) is 0 Å². The van der Waals surface area contributed by atoms with Crippen molar-refractivity contribution in [3.63, 3.8) is 0 Å². The Labute approximate surface area is 138 Å². The number of aromatic nitrogens is 2. The lowest BCUT2D eigenvalue weighted by atomic mass is 10.2. The van der Waals surface area contributed by atoms with Gasteiger partial charge in [0.2, 0.25) is 5.88 Å². The van der Waals surface area contributed by atoms with Crippen LogP contribution in [0.25, 0.3) is 0 Å². The van der Waals surface area contributed by atoms with Gasteiger partial charge in [-0.1, -0.05) is 0 Å². The van der Waals surface area contributed by atoms with Crippen LogP contribution in [0.5, 0.6) is 5.88 Å². The van der Waals surface area contributed by atoms with Gasteiger partial charge in [0, 0.05) is 37.9 Å². The number of fused-ring (bicyclic) bond motifs is 1. The second-order valence-electron chi connectivity index (χ2n) is 5.75. The van der Waals surface area contributed by atoms with Crippen molar-refractivity contribution in [3.05, 3.63) is 35.9 Å². The van der Waals surface area contributed by atoms with E-state index in [1.807, 2.05) is 28.8 Å². The molecule has 2 aromatic rings. The Hall–Kier alpha value is -1.89. The van der Waals surface area contributed by atoms with Crippen LogP contribution in [0.4, 0.5) is 0 Å². The predicted molar refractivity (Wildman–Crippen MR) is 86.8 cm³/mol. The third kappa shape index (κ3) is 2.97. The smallest absolute Gasteiger partial charge is 0.274 e. The van der Waals surface area contributed by atoms with Crippen LogP contribution in [0, 0.1) is 0 Å². The van der Waals surface area contributed by atoms with Crippen LogP contribution in [0.1, 0.15) is 34.3 Å². The van der Waals surface area contributed by atoms with Gasteiger partial charge in [0.1, 0.15) is 5.76 Å². The lowest BCUT2D eigenvalue weighted by molar-refractivity contribution is 0.0759. The zero-order chi connectivity index (χ0) is 15.6. The molecule has 0 aliphatic carbocycles. The van der Waals surface area contributed by atoms with Gasteiger partial charge in [-0.05, 0) is 18.6 Å². The summed E-state index contributed by atoms with van der Waals surface area (Å²) >= 11 is 1.85. The minimum atomic E-state index is -0.00352. The van der Waals surface area contributed by atoms with E-state index in [2.05, 4.69) is 5.10 Å². The fraction of sp³-hybridized carbons (Fsp3) is 0.500. The normalized spacial score (nSPS) is 21.4. The molecule has 122 valence electrons. The summed E-state index contributed by atoms with van der Waals surface area (Å²) in [4.78, 5) is 14.6. The van der Waals surface area contributed by atoms with E-state index in [0.717, 1.165) is 44.0 Å². The number of aryl methyl sites for hydroxylation is 1. The van der Waals surface area contributed by atoms with Crippen molar-refractivity contribution in [3.8, 4) is 5.88 Å². The average Bonchev–Trinajstić information content (AvgIpc) is 3.19. The van der Waals surface area contributed by atoms with Crippen molar-refractivity contribution in [1.82, 2.24) is 14.7 Å². The van der Waals surface area contributed by atoms with E-state index in [0.29, 0.717) is 23.4 Å². The fourth-order valence-corrected chi connectivity index (χ4v) is 4.19. The molecule has 4 rings (SSSR count). The fourth-order valence-electron chi connectivity index (χ4n) is 3.01. The van der Waals surface area contributed by atoms with Gasteiger partial charge >= 0.3 is 0 Å². The maximum absolute atomic E-state index is 12.7. The quantitative estimate of drug-likeness (QED) is 0.845. The molecule has 6 nitrogen and oxygen atoms in total. The molecule has 0 saturated carbocycles. The summed E-state index contributed by atoms with van der Waals surface area (Å²) in [5, 5.41) is 4.72. The number of carbonyl (C=O) groups is 1. The molecule has 7 heteroatoms. The highest BCUT2D eigenvalue weighted by molar-refractivity contribution is 7.99. The molecule has 1 atom stereocenters. The van der Waals surface area contributed by atoms with Crippen molar-refractivity contribution >= 4 is 17.7 Å². The summed E-state index contributed by atoms with van der Waals surface area (Å²) in [5.74, 6) is 2.60. The molecule has 0 bridgehead atoms. The third-order valence-corrected chi connectivity index (χ3v) is 5.50. The standard InChI is InChI=1S/C16H19N3O3S/c20-16(12-11-15-19(17-12)5-2-9-22-15)18-6-4-14(23-10-7-18)13-3-1-8-21-13/h1,3,8,11,14H,2,4-7,9-10H2. The maximum atomic E-state index is 12.7. The lowest BCUT2D eigenvalue weighted by Crippen LogP contribution is -2.33. The van der Waals surface area contributed by atoms with Gasteiger partial charge in [-0.3, -0.25) is 4.79 Å². The zero-order valence-electron chi connectivity index (χ0n) is 12.8. The van der Waals surface area contributed by atoms with E-state index in [-0.39, 0.29) is 5.91 Å². The van der Waals surface area contributed by atoms with Gasteiger partial charge in [0.25, 0.3) is 5.91 Å². The second kappa shape index (κ2) is 6.31. The number of furan rings is 1. The second-order valence-corrected chi connectivity index (χ2v) is 7.06. The van der Waals surface area contributed by atoms with E-state index in [1.165, 1.54) is 0 Å². The molecule has 0 N–H and O–H groups in total. The molecule has 0 radical (unpaired) electrons. The molecule has 2 aliphatic heterocycles. The average molecular weight is 333 g/mol. The Balaban J connectivity index is 1.45. The van der Waals surface area contributed by atoms with Gasteiger partial charge in [-0.2, -0.15) is 5.10 Å².